The van der Waals surface area contributed by atoms with Gasteiger partial charge in [-0.2, -0.15) is 0 Å². The Balaban J connectivity index is 1.86. The number of unbranched alkanes of at least 4 members (excludes halogenated alkanes) is 1. The minimum Gasteiger partial charge on any atom is -0.491 e. The van der Waals surface area contributed by atoms with Crippen molar-refractivity contribution in [2.75, 3.05) is 18.5 Å². The molecule has 1 aliphatic carbocycles. The molecule has 1 aliphatic rings. The van der Waals surface area contributed by atoms with Crippen molar-refractivity contribution in [2.45, 2.75) is 71.3 Å². The largest absolute Gasteiger partial charge is 0.491 e. The maximum atomic E-state index is 13.4. The van der Waals surface area contributed by atoms with Crippen LogP contribution in [-0.4, -0.2) is 29.7 Å². The molecule has 2 aromatic rings. The van der Waals surface area contributed by atoms with Crippen LogP contribution in [0.5, 0.6) is 5.75 Å². The van der Waals surface area contributed by atoms with Gasteiger partial charge in [-0.3, -0.25) is 9.78 Å². The Morgan fingerprint density at radius 3 is 2.86 bits per heavy atom. The fourth-order valence-corrected chi connectivity index (χ4v) is 4.14. The van der Waals surface area contributed by atoms with Crippen LogP contribution in [-0.2, 0) is 9.53 Å². The highest BCUT2D eigenvalue weighted by Gasteiger charge is 2.42. The summed E-state index contributed by atoms with van der Waals surface area (Å²) in [7, 11) is 0. The van der Waals surface area contributed by atoms with E-state index in [2.05, 4.69) is 31.1 Å². The van der Waals surface area contributed by atoms with Gasteiger partial charge >= 0.3 is 0 Å². The lowest BCUT2D eigenvalue weighted by atomic mass is 9.78. The van der Waals surface area contributed by atoms with E-state index in [1.165, 1.54) is 0 Å². The number of rotatable bonds is 9. The van der Waals surface area contributed by atoms with E-state index >= 15 is 0 Å². The summed E-state index contributed by atoms with van der Waals surface area (Å²) in [5.41, 5.74) is 0.805. The van der Waals surface area contributed by atoms with Crippen LogP contribution in [0.15, 0.2) is 30.5 Å². The Kier molecular flexibility index (Phi) is 7.48. The lowest BCUT2D eigenvalue weighted by Crippen LogP contribution is -2.48. The number of fused-ring (bicyclic) bond motifs is 1. The van der Waals surface area contributed by atoms with Gasteiger partial charge in [-0.05, 0) is 62.3 Å². The van der Waals surface area contributed by atoms with Gasteiger partial charge in [-0.15, -0.1) is 0 Å². The van der Waals surface area contributed by atoms with Gasteiger partial charge in [0, 0.05) is 18.2 Å². The van der Waals surface area contributed by atoms with Gasteiger partial charge in [0.15, 0.2) is 0 Å². The quantitative estimate of drug-likeness (QED) is 0.548. The van der Waals surface area contributed by atoms with E-state index in [1.807, 2.05) is 24.3 Å². The average molecular weight is 399 g/mol. The third kappa shape index (κ3) is 5.08. The van der Waals surface area contributed by atoms with Crippen LogP contribution in [0.3, 0.4) is 0 Å². The zero-order chi connectivity index (χ0) is 20.7. The first-order chi connectivity index (χ1) is 14.1. The number of hydrogen-bond donors (Lipinski definition) is 1. The number of amides is 1. The summed E-state index contributed by atoms with van der Waals surface area (Å²) < 4.78 is 12.1. The molecule has 1 aromatic carbocycles. The van der Waals surface area contributed by atoms with Gasteiger partial charge in [-0.25, -0.2) is 0 Å². The van der Waals surface area contributed by atoms with Crippen molar-refractivity contribution in [2.24, 2.45) is 5.92 Å². The summed E-state index contributed by atoms with van der Waals surface area (Å²) in [4.78, 5) is 17.9. The van der Waals surface area contributed by atoms with Crippen LogP contribution in [0.4, 0.5) is 5.69 Å². The molecule has 0 aliphatic heterocycles. The van der Waals surface area contributed by atoms with Crippen molar-refractivity contribution in [1.82, 2.24) is 4.98 Å². The number of anilines is 1. The summed E-state index contributed by atoms with van der Waals surface area (Å²) in [6.07, 6.45) is 8.46. The molecular weight excluding hydrogens is 364 g/mol. The van der Waals surface area contributed by atoms with Crippen LogP contribution in [0.2, 0.25) is 0 Å². The van der Waals surface area contributed by atoms with Crippen LogP contribution >= 0.6 is 0 Å². The summed E-state index contributed by atoms with van der Waals surface area (Å²) in [6, 6.07) is 7.69. The molecule has 158 valence electrons. The maximum Gasteiger partial charge on any atom is 0.256 e. The minimum absolute atomic E-state index is 0.0395. The molecule has 0 saturated heterocycles. The summed E-state index contributed by atoms with van der Waals surface area (Å²) >= 11 is 0. The van der Waals surface area contributed by atoms with Gasteiger partial charge in [0.05, 0.1) is 12.3 Å². The predicted molar refractivity (Wildman–Crippen MR) is 117 cm³/mol. The number of nitrogens with one attached hydrogen (secondary N) is 1. The zero-order valence-corrected chi connectivity index (χ0v) is 18.0. The molecule has 29 heavy (non-hydrogen) atoms. The minimum atomic E-state index is -0.738. The molecule has 1 N–H and O–H groups in total. The van der Waals surface area contributed by atoms with E-state index in [-0.39, 0.29) is 5.91 Å². The highest BCUT2D eigenvalue weighted by atomic mass is 16.5. The van der Waals surface area contributed by atoms with Crippen LogP contribution < -0.4 is 10.1 Å². The second kappa shape index (κ2) is 10.1. The smallest absolute Gasteiger partial charge is 0.256 e. The van der Waals surface area contributed by atoms with Gasteiger partial charge in [-0.1, -0.05) is 33.6 Å². The number of hydrogen-bond acceptors (Lipinski definition) is 4. The lowest BCUT2D eigenvalue weighted by molar-refractivity contribution is -0.148. The predicted octanol–water partition coefficient (Wildman–Crippen LogP) is 5.73. The standard InChI is InChI=1S/C24H34N2O3/c1-4-6-16-28-21-12-11-20(19-10-8-14-25-22(19)21)26-23(27)24(29-15-5-2)13-7-9-18(3)17-24/h8,10-12,14,18H,4-7,9,13,15-17H2,1-3H3,(H,26,27)/t18-,24-/m1/s1. The Labute approximate surface area is 174 Å². The van der Waals surface area contributed by atoms with Crippen LogP contribution in [0, 0.1) is 5.92 Å². The summed E-state index contributed by atoms with van der Waals surface area (Å²) in [5, 5.41) is 4.05. The molecule has 0 radical (unpaired) electrons. The number of carbonyl (C=O) groups excluding carboxylic acids is 1. The third-order valence-corrected chi connectivity index (χ3v) is 5.69. The van der Waals surface area contributed by atoms with E-state index in [0.717, 1.165) is 67.3 Å². The van der Waals surface area contributed by atoms with Gasteiger partial charge in [0.1, 0.15) is 16.9 Å². The number of ether oxygens (including phenoxy) is 2. The molecule has 0 spiro atoms. The molecule has 1 fully saturated rings. The Morgan fingerprint density at radius 2 is 2.10 bits per heavy atom. The molecular formula is C24H34N2O3. The SMILES string of the molecule is CCCCOc1ccc(NC(=O)[C@@]2(OCCC)CCC[C@@H](C)C2)c2cccnc12. The van der Waals surface area contributed by atoms with E-state index in [9.17, 15) is 4.79 Å². The zero-order valence-electron chi connectivity index (χ0n) is 18.0. The maximum absolute atomic E-state index is 13.4. The van der Waals surface area contributed by atoms with Crippen molar-refractivity contribution in [3.8, 4) is 5.75 Å². The van der Waals surface area contributed by atoms with Gasteiger partial charge in [0.25, 0.3) is 5.91 Å². The van der Waals surface area contributed by atoms with Gasteiger partial charge < -0.3 is 14.8 Å². The molecule has 1 amide bonds. The van der Waals surface area contributed by atoms with E-state index in [4.69, 9.17) is 9.47 Å². The van der Waals surface area contributed by atoms with Crippen LogP contribution in [0.25, 0.3) is 10.9 Å². The Morgan fingerprint density at radius 1 is 1.24 bits per heavy atom. The number of benzene rings is 1. The molecule has 2 atom stereocenters. The summed E-state index contributed by atoms with van der Waals surface area (Å²) in [5.74, 6) is 1.21. The van der Waals surface area contributed by atoms with Crippen molar-refractivity contribution in [1.29, 1.82) is 0 Å². The molecule has 3 rings (SSSR count). The number of carbonyl (C=O) groups is 1. The van der Waals surface area contributed by atoms with Crippen molar-refractivity contribution < 1.29 is 14.3 Å². The highest BCUT2D eigenvalue weighted by Crippen LogP contribution is 2.37. The van der Waals surface area contributed by atoms with Gasteiger partial charge in [0.2, 0.25) is 0 Å². The first kappa shape index (κ1) is 21.6. The van der Waals surface area contributed by atoms with Crippen molar-refractivity contribution >= 4 is 22.5 Å². The molecule has 0 bridgehead atoms. The number of nitrogens with zero attached hydrogens (tertiary/aromatic N) is 1. The first-order valence-electron chi connectivity index (χ1n) is 11.1. The van der Waals surface area contributed by atoms with E-state index in [1.54, 1.807) is 6.20 Å². The Hall–Kier alpha value is -2.14. The number of pyridine rings is 1. The van der Waals surface area contributed by atoms with E-state index < -0.39 is 5.60 Å². The van der Waals surface area contributed by atoms with Crippen molar-refractivity contribution in [3.05, 3.63) is 30.5 Å². The monoisotopic (exact) mass is 398 g/mol. The fraction of sp³-hybridized carbons (Fsp3) is 0.583. The fourth-order valence-electron chi connectivity index (χ4n) is 4.14. The molecule has 1 heterocycles. The molecule has 0 unspecified atom stereocenters. The highest BCUT2D eigenvalue weighted by molar-refractivity contribution is 6.05. The van der Waals surface area contributed by atoms with E-state index in [0.29, 0.717) is 19.1 Å². The van der Waals surface area contributed by atoms with Crippen molar-refractivity contribution in [3.63, 3.8) is 0 Å². The molecule has 5 heteroatoms. The second-order valence-corrected chi connectivity index (χ2v) is 8.21. The lowest BCUT2D eigenvalue weighted by Gasteiger charge is -2.38. The average Bonchev–Trinajstić information content (AvgIpc) is 2.74. The Bertz CT molecular complexity index is 823. The number of aromatic nitrogens is 1. The second-order valence-electron chi connectivity index (χ2n) is 8.21. The summed E-state index contributed by atoms with van der Waals surface area (Å²) in [6.45, 7) is 7.69. The first-order valence-corrected chi connectivity index (χ1v) is 11.1. The molecule has 5 nitrogen and oxygen atoms in total. The topological polar surface area (TPSA) is 60.5 Å². The third-order valence-electron chi connectivity index (χ3n) is 5.69. The molecule has 1 aromatic heterocycles. The normalized spacial score (nSPS) is 21.8. The van der Waals surface area contributed by atoms with Crippen LogP contribution in [0.1, 0.15) is 65.7 Å². The molecule has 1 saturated carbocycles.